The van der Waals surface area contributed by atoms with Gasteiger partial charge in [-0.15, -0.1) is 0 Å². The number of amides is 1. The summed E-state index contributed by atoms with van der Waals surface area (Å²) in [6.07, 6.45) is 0. The third-order valence-corrected chi connectivity index (χ3v) is 3.63. The monoisotopic (exact) mass is 247 g/mol. The minimum atomic E-state index is 0.0497. The molecule has 1 aromatic rings. The van der Waals surface area contributed by atoms with Gasteiger partial charge in [-0.1, -0.05) is 12.1 Å². The lowest BCUT2D eigenvalue weighted by Gasteiger charge is -2.21. The van der Waals surface area contributed by atoms with E-state index < -0.39 is 0 Å². The predicted molar refractivity (Wildman–Crippen MR) is 73.3 cm³/mol. The SMILES string of the molecule is CN1C[C@H](c2ccc(N)cc2)[C@H](C(=O)N(C)C)C1. The minimum absolute atomic E-state index is 0.0497. The van der Waals surface area contributed by atoms with Gasteiger partial charge >= 0.3 is 0 Å². The maximum Gasteiger partial charge on any atom is 0.227 e. The van der Waals surface area contributed by atoms with Crippen molar-refractivity contribution in [3.05, 3.63) is 29.8 Å². The zero-order chi connectivity index (χ0) is 13.3. The average Bonchev–Trinajstić information content (AvgIpc) is 2.71. The van der Waals surface area contributed by atoms with Gasteiger partial charge in [0, 0.05) is 38.8 Å². The second-order valence-electron chi connectivity index (χ2n) is 5.33. The molecule has 4 nitrogen and oxygen atoms in total. The molecule has 1 aliphatic rings. The third-order valence-electron chi connectivity index (χ3n) is 3.63. The molecule has 4 heteroatoms. The Hall–Kier alpha value is -1.55. The van der Waals surface area contributed by atoms with E-state index in [1.807, 2.05) is 38.4 Å². The summed E-state index contributed by atoms with van der Waals surface area (Å²) in [7, 11) is 5.70. The third kappa shape index (κ3) is 2.48. The Morgan fingerprint density at radius 3 is 2.44 bits per heavy atom. The van der Waals surface area contributed by atoms with Crippen molar-refractivity contribution in [3.63, 3.8) is 0 Å². The van der Waals surface area contributed by atoms with Gasteiger partial charge in [-0.3, -0.25) is 4.79 Å². The number of hydrogen-bond donors (Lipinski definition) is 1. The van der Waals surface area contributed by atoms with Crippen molar-refractivity contribution in [3.8, 4) is 0 Å². The van der Waals surface area contributed by atoms with Crippen molar-refractivity contribution in [2.24, 2.45) is 5.92 Å². The summed E-state index contributed by atoms with van der Waals surface area (Å²) >= 11 is 0. The number of benzene rings is 1. The molecule has 0 aliphatic carbocycles. The fraction of sp³-hybridized carbons (Fsp3) is 0.500. The van der Waals surface area contributed by atoms with E-state index in [-0.39, 0.29) is 17.7 Å². The number of nitrogens with zero attached hydrogens (tertiary/aromatic N) is 2. The Kier molecular flexibility index (Phi) is 3.57. The maximum atomic E-state index is 12.2. The van der Waals surface area contributed by atoms with Crippen LogP contribution in [0.4, 0.5) is 5.69 Å². The van der Waals surface area contributed by atoms with Crippen LogP contribution in [-0.2, 0) is 4.79 Å². The predicted octanol–water partition coefficient (Wildman–Crippen LogP) is 1.00. The first-order valence-corrected chi connectivity index (χ1v) is 6.24. The number of likely N-dealkylation sites (tertiary alicyclic amines) is 1. The highest BCUT2D eigenvalue weighted by atomic mass is 16.2. The lowest BCUT2D eigenvalue weighted by Crippen LogP contribution is -2.33. The van der Waals surface area contributed by atoms with Gasteiger partial charge in [0.15, 0.2) is 0 Å². The standard InChI is InChI=1S/C14H21N3O/c1-16(2)14(18)13-9-17(3)8-12(13)10-4-6-11(15)7-5-10/h4-7,12-13H,8-9,15H2,1-3H3/t12-,13-/m1/s1. The highest BCUT2D eigenvalue weighted by molar-refractivity contribution is 5.80. The van der Waals surface area contributed by atoms with Gasteiger partial charge in [0.1, 0.15) is 0 Å². The van der Waals surface area contributed by atoms with Crippen LogP contribution < -0.4 is 5.73 Å². The molecule has 1 fully saturated rings. The lowest BCUT2D eigenvalue weighted by molar-refractivity contribution is -0.132. The Labute approximate surface area is 108 Å². The number of carbonyl (C=O) groups is 1. The molecule has 1 amide bonds. The Balaban J connectivity index is 2.24. The van der Waals surface area contributed by atoms with Gasteiger partial charge in [-0.2, -0.15) is 0 Å². The topological polar surface area (TPSA) is 49.6 Å². The van der Waals surface area contributed by atoms with E-state index in [1.165, 1.54) is 5.56 Å². The molecule has 1 aliphatic heterocycles. The smallest absolute Gasteiger partial charge is 0.227 e. The molecular weight excluding hydrogens is 226 g/mol. The summed E-state index contributed by atoms with van der Waals surface area (Å²) in [6.45, 7) is 1.75. The van der Waals surface area contributed by atoms with E-state index in [0.717, 1.165) is 18.8 Å². The number of likely N-dealkylation sites (N-methyl/N-ethyl adjacent to an activating group) is 1. The number of carbonyl (C=O) groups excluding carboxylic acids is 1. The van der Waals surface area contributed by atoms with Crippen LogP contribution in [0.3, 0.4) is 0 Å². The molecular formula is C14H21N3O. The summed E-state index contributed by atoms with van der Waals surface area (Å²) in [5.74, 6) is 0.528. The fourth-order valence-electron chi connectivity index (χ4n) is 2.66. The van der Waals surface area contributed by atoms with Gasteiger partial charge in [-0.25, -0.2) is 0 Å². The van der Waals surface area contributed by atoms with Crippen molar-refractivity contribution in [1.82, 2.24) is 9.80 Å². The molecule has 0 aromatic heterocycles. The molecule has 0 spiro atoms. The second-order valence-corrected chi connectivity index (χ2v) is 5.33. The van der Waals surface area contributed by atoms with E-state index in [9.17, 15) is 4.79 Å². The van der Waals surface area contributed by atoms with Crippen molar-refractivity contribution in [1.29, 1.82) is 0 Å². The second kappa shape index (κ2) is 4.98. The van der Waals surface area contributed by atoms with Gasteiger partial charge in [0.25, 0.3) is 0 Å². The van der Waals surface area contributed by atoms with Crippen LogP contribution in [0.25, 0.3) is 0 Å². The fourth-order valence-corrected chi connectivity index (χ4v) is 2.66. The molecule has 98 valence electrons. The van der Waals surface area contributed by atoms with Crippen LogP contribution >= 0.6 is 0 Å². The number of nitrogen functional groups attached to an aromatic ring is 1. The molecule has 2 N–H and O–H groups in total. The number of anilines is 1. The summed E-state index contributed by atoms with van der Waals surface area (Å²) in [6, 6.07) is 7.89. The largest absolute Gasteiger partial charge is 0.399 e. The van der Waals surface area contributed by atoms with E-state index >= 15 is 0 Å². The highest BCUT2D eigenvalue weighted by Crippen LogP contribution is 2.33. The van der Waals surface area contributed by atoms with Gasteiger partial charge < -0.3 is 15.5 Å². The normalized spacial score (nSPS) is 24.2. The van der Waals surface area contributed by atoms with Crippen LogP contribution in [0.1, 0.15) is 11.5 Å². The molecule has 1 heterocycles. The van der Waals surface area contributed by atoms with Crippen molar-refractivity contribution >= 4 is 11.6 Å². The van der Waals surface area contributed by atoms with Crippen molar-refractivity contribution in [2.75, 3.05) is 40.0 Å². The Morgan fingerprint density at radius 2 is 1.89 bits per heavy atom. The lowest BCUT2D eigenvalue weighted by atomic mass is 9.88. The van der Waals surface area contributed by atoms with Crippen LogP contribution in [-0.4, -0.2) is 49.9 Å². The molecule has 2 atom stereocenters. The van der Waals surface area contributed by atoms with Crippen LogP contribution in [0, 0.1) is 5.92 Å². The van der Waals surface area contributed by atoms with E-state index in [0.29, 0.717) is 0 Å². The van der Waals surface area contributed by atoms with Crippen LogP contribution in [0.2, 0.25) is 0 Å². The molecule has 0 unspecified atom stereocenters. The van der Waals surface area contributed by atoms with Gasteiger partial charge in [-0.05, 0) is 24.7 Å². The van der Waals surface area contributed by atoms with E-state index in [1.54, 1.807) is 4.90 Å². The molecule has 0 radical (unpaired) electrons. The Morgan fingerprint density at radius 1 is 1.28 bits per heavy atom. The summed E-state index contributed by atoms with van der Waals surface area (Å²) in [4.78, 5) is 16.1. The molecule has 2 rings (SSSR count). The molecule has 0 saturated carbocycles. The molecule has 0 bridgehead atoms. The van der Waals surface area contributed by atoms with Crippen molar-refractivity contribution < 1.29 is 4.79 Å². The van der Waals surface area contributed by atoms with Crippen LogP contribution in [0.15, 0.2) is 24.3 Å². The van der Waals surface area contributed by atoms with Crippen molar-refractivity contribution in [2.45, 2.75) is 5.92 Å². The zero-order valence-corrected chi connectivity index (χ0v) is 11.3. The molecule has 1 saturated heterocycles. The summed E-state index contributed by atoms with van der Waals surface area (Å²) in [5.41, 5.74) is 7.68. The number of nitrogens with two attached hydrogens (primary N) is 1. The first-order valence-electron chi connectivity index (χ1n) is 6.24. The zero-order valence-electron chi connectivity index (χ0n) is 11.3. The van der Waals surface area contributed by atoms with E-state index in [2.05, 4.69) is 11.9 Å². The first kappa shape index (κ1) is 12.9. The summed E-state index contributed by atoms with van der Waals surface area (Å²) < 4.78 is 0. The first-order chi connectivity index (χ1) is 8.49. The number of rotatable bonds is 2. The quantitative estimate of drug-likeness (QED) is 0.793. The maximum absolute atomic E-state index is 12.2. The Bertz CT molecular complexity index is 427. The summed E-state index contributed by atoms with van der Waals surface area (Å²) in [5, 5.41) is 0. The average molecular weight is 247 g/mol. The minimum Gasteiger partial charge on any atom is -0.399 e. The van der Waals surface area contributed by atoms with Crippen LogP contribution in [0.5, 0.6) is 0 Å². The number of hydrogen-bond acceptors (Lipinski definition) is 3. The van der Waals surface area contributed by atoms with Gasteiger partial charge in [0.2, 0.25) is 5.91 Å². The highest BCUT2D eigenvalue weighted by Gasteiger charge is 2.37. The molecule has 1 aromatic carbocycles. The van der Waals surface area contributed by atoms with E-state index in [4.69, 9.17) is 5.73 Å². The molecule has 18 heavy (non-hydrogen) atoms. The van der Waals surface area contributed by atoms with Gasteiger partial charge in [0.05, 0.1) is 5.92 Å².